The van der Waals surface area contributed by atoms with Crippen LogP contribution in [0, 0.1) is 0 Å². The Balaban J connectivity index is 2.50. The molecule has 0 aromatic rings. The van der Waals surface area contributed by atoms with Crippen molar-refractivity contribution >= 4 is 25.6 Å². The SMILES string of the molecule is O=C(CS(=O)(=O)Cl)N1CCCCCC1. The van der Waals surface area contributed by atoms with Crippen molar-refractivity contribution < 1.29 is 13.2 Å². The summed E-state index contributed by atoms with van der Waals surface area (Å²) in [4.78, 5) is 13.0. The monoisotopic (exact) mass is 239 g/mol. The second-order valence-corrected chi connectivity index (χ2v) is 6.26. The molecule has 0 spiro atoms. The Hall–Kier alpha value is -0.290. The van der Waals surface area contributed by atoms with Gasteiger partial charge >= 0.3 is 0 Å². The van der Waals surface area contributed by atoms with Gasteiger partial charge in [-0.25, -0.2) is 8.42 Å². The van der Waals surface area contributed by atoms with Crippen molar-refractivity contribution in [1.82, 2.24) is 4.90 Å². The molecule has 1 amide bonds. The zero-order valence-corrected chi connectivity index (χ0v) is 9.48. The Morgan fingerprint density at radius 1 is 1.14 bits per heavy atom. The largest absolute Gasteiger partial charge is 0.342 e. The van der Waals surface area contributed by atoms with Gasteiger partial charge < -0.3 is 4.90 Å². The molecule has 0 atom stereocenters. The minimum atomic E-state index is -3.70. The van der Waals surface area contributed by atoms with E-state index in [4.69, 9.17) is 10.7 Å². The molecule has 1 heterocycles. The minimum Gasteiger partial charge on any atom is -0.342 e. The standard InChI is InChI=1S/C8H14ClNO3S/c9-14(12,13)7-8(11)10-5-3-1-2-4-6-10/h1-7H2. The third kappa shape index (κ3) is 4.28. The highest BCUT2D eigenvalue weighted by atomic mass is 35.7. The number of carbonyl (C=O) groups is 1. The normalized spacial score (nSPS) is 19.1. The second kappa shape index (κ2) is 4.98. The van der Waals surface area contributed by atoms with Gasteiger partial charge in [0.1, 0.15) is 5.75 Å². The van der Waals surface area contributed by atoms with Crippen molar-refractivity contribution in [3.8, 4) is 0 Å². The van der Waals surface area contributed by atoms with E-state index in [0.717, 1.165) is 25.7 Å². The van der Waals surface area contributed by atoms with Crippen molar-refractivity contribution in [1.29, 1.82) is 0 Å². The molecule has 1 fully saturated rings. The summed E-state index contributed by atoms with van der Waals surface area (Å²) < 4.78 is 21.4. The third-order valence-corrected chi connectivity index (χ3v) is 3.17. The van der Waals surface area contributed by atoms with Crippen LogP contribution in [0.2, 0.25) is 0 Å². The maximum atomic E-state index is 11.4. The van der Waals surface area contributed by atoms with Gasteiger partial charge in [-0.1, -0.05) is 12.8 Å². The molecule has 1 aliphatic heterocycles. The summed E-state index contributed by atoms with van der Waals surface area (Å²) in [7, 11) is 1.31. The number of halogens is 1. The smallest absolute Gasteiger partial charge is 0.241 e. The number of likely N-dealkylation sites (tertiary alicyclic amines) is 1. The van der Waals surface area contributed by atoms with E-state index >= 15 is 0 Å². The van der Waals surface area contributed by atoms with Crippen molar-refractivity contribution in [2.75, 3.05) is 18.8 Å². The van der Waals surface area contributed by atoms with Crippen LogP contribution in [-0.4, -0.2) is 38.1 Å². The molecule has 1 rings (SSSR count). The fraction of sp³-hybridized carbons (Fsp3) is 0.875. The third-order valence-electron chi connectivity index (χ3n) is 2.25. The summed E-state index contributed by atoms with van der Waals surface area (Å²) in [6, 6.07) is 0. The summed E-state index contributed by atoms with van der Waals surface area (Å²) in [5.41, 5.74) is 0. The van der Waals surface area contributed by atoms with Crippen molar-refractivity contribution in [2.24, 2.45) is 0 Å². The molecule has 1 aliphatic rings. The first kappa shape index (κ1) is 11.8. The number of hydrogen-bond acceptors (Lipinski definition) is 3. The topological polar surface area (TPSA) is 54.5 Å². The number of rotatable bonds is 2. The molecule has 0 aliphatic carbocycles. The molecule has 0 bridgehead atoms. The van der Waals surface area contributed by atoms with Crippen molar-refractivity contribution in [3.63, 3.8) is 0 Å². The molecule has 4 nitrogen and oxygen atoms in total. The van der Waals surface area contributed by atoms with Crippen molar-refractivity contribution in [3.05, 3.63) is 0 Å². The summed E-state index contributed by atoms with van der Waals surface area (Å²) >= 11 is 0. The van der Waals surface area contributed by atoms with E-state index in [2.05, 4.69) is 0 Å². The lowest BCUT2D eigenvalue weighted by Gasteiger charge is -2.19. The minimum absolute atomic E-state index is 0.373. The highest BCUT2D eigenvalue weighted by molar-refractivity contribution is 8.14. The zero-order chi connectivity index (χ0) is 10.6. The van der Waals surface area contributed by atoms with Gasteiger partial charge in [0.25, 0.3) is 0 Å². The van der Waals surface area contributed by atoms with Gasteiger partial charge in [-0.15, -0.1) is 0 Å². The van der Waals surface area contributed by atoms with Gasteiger partial charge in [0, 0.05) is 23.8 Å². The molecule has 14 heavy (non-hydrogen) atoms. The lowest BCUT2D eigenvalue weighted by Crippen LogP contribution is -2.35. The molecule has 0 aromatic heterocycles. The van der Waals surface area contributed by atoms with E-state index in [9.17, 15) is 13.2 Å². The summed E-state index contributed by atoms with van der Waals surface area (Å²) in [5.74, 6) is -0.948. The number of hydrogen-bond donors (Lipinski definition) is 0. The molecule has 1 saturated heterocycles. The van der Waals surface area contributed by atoms with Crippen LogP contribution in [0.3, 0.4) is 0 Å². The molecular weight excluding hydrogens is 226 g/mol. The maximum absolute atomic E-state index is 11.4. The fourth-order valence-electron chi connectivity index (χ4n) is 1.56. The van der Waals surface area contributed by atoms with Gasteiger partial charge in [0.2, 0.25) is 15.0 Å². The molecular formula is C8H14ClNO3S. The van der Waals surface area contributed by atoms with E-state index in [1.165, 1.54) is 0 Å². The molecule has 0 saturated carbocycles. The summed E-state index contributed by atoms with van der Waals surface area (Å²) in [5, 5.41) is 0. The molecule has 0 aromatic carbocycles. The Bertz CT molecular complexity index is 294. The van der Waals surface area contributed by atoms with E-state index in [1.54, 1.807) is 4.90 Å². The Morgan fingerprint density at radius 2 is 1.64 bits per heavy atom. The average Bonchev–Trinajstić information content (AvgIpc) is 2.27. The maximum Gasteiger partial charge on any atom is 0.241 e. The van der Waals surface area contributed by atoms with Crippen LogP contribution in [0.25, 0.3) is 0 Å². The van der Waals surface area contributed by atoms with Crippen LogP contribution in [0.5, 0.6) is 0 Å². The Kier molecular flexibility index (Phi) is 4.19. The second-order valence-electron chi connectivity index (χ2n) is 3.48. The van der Waals surface area contributed by atoms with Crippen molar-refractivity contribution in [2.45, 2.75) is 25.7 Å². The molecule has 6 heteroatoms. The predicted molar refractivity (Wildman–Crippen MR) is 54.7 cm³/mol. The summed E-state index contributed by atoms with van der Waals surface area (Å²) in [6.07, 6.45) is 4.12. The fourth-order valence-corrected chi connectivity index (χ4v) is 2.32. The van der Waals surface area contributed by atoms with Gasteiger partial charge in [-0.3, -0.25) is 4.79 Å². The van der Waals surface area contributed by atoms with Crippen LogP contribution in [-0.2, 0) is 13.8 Å². The highest BCUT2D eigenvalue weighted by Gasteiger charge is 2.20. The molecule has 0 unspecified atom stereocenters. The van der Waals surface area contributed by atoms with Crippen LogP contribution in [0.15, 0.2) is 0 Å². The Morgan fingerprint density at radius 3 is 2.07 bits per heavy atom. The van der Waals surface area contributed by atoms with Gasteiger partial charge in [-0.05, 0) is 12.8 Å². The van der Waals surface area contributed by atoms with E-state index in [0.29, 0.717) is 13.1 Å². The van der Waals surface area contributed by atoms with E-state index < -0.39 is 14.8 Å². The van der Waals surface area contributed by atoms with Crippen LogP contribution in [0.1, 0.15) is 25.7 Å². The van der Waals surface area contributed by atoms with E-state index in [-0.39, 0.29) is 5.91 Å². The number of nitrogens with zero attached hydrogens (tertiary/aromatic N) is 1. The number of carbonyl (C=O) groups excluding carboxylic acids is 1. The lowest BCUT2D eigenvalue weighted by molar-refractivity contribution is -0.128. The summed E-state index contributed by atoms with van der Waals surface area (Å²) in [6.45, 7) is 1.32. The highest BCUT2D eigenvalue weighted by Crippen LogP contribution is 2.10. The van der Waals surface area contributed by atoms with Crippen LogP contribution in [0.4, 0.5) is 0 Å². The quantitative estimate of drug-likeness (QED) is 0.675. The predicted octanol–water partition coefficient (Wildman–Crippen LogP) is 0.958. The lowest BCUT2D eigenvalue weighted by atomic mass is 10.2. The van der Waals surface area contributed by atoms with Crippen LogP contribution >= 0.6 is 10.7 Å². The van der Waals surface area contributed by atoms with E-state index in [1.807, 2.05) is 0 Å². The molecule has 0 radical (unpaired) electrons. The van der Waals surface area contributed by atoms with Gasteiger partial charge in [-0.2, -0.15) is 0 Å². The molecule has 0 N–H and O–H groups in total. The number of amides is 1. The van der Waals surface area contributed by atoms with Gasteiger partial charge in [0.05, 0.1) is 0 Å². The first-order valence-corrected chi connectivity index (χ1v) is 7.17. The first-order chi connectivity index (χ1) is 6.49. The molecule has 82 valence electrons. The average molecular weight is 240 g/mol. The zero-order valence-electron chi connectivity index (χ0n) is 7.91. The van der Waals surface area contributed by atoms with Crippen LogP contribution < -0.4 is 0 Å². The Labute approximate surface area is 88.6 Å². The first-order valence-electron chi connectivity index (χ1n) is 4.69. The van der Waals surface area contributed by atoms with Gasteiger partial charge in [0.15, 0.2) is 0 Å².